The summed E-state index contributed by atoms with van der Waals surface area (Å²) in [6, 6.07) is 10.0. The number of aromatic nitrogens is 6. The van der Waals surface area contributed by atoms with Crippen molar-refractivity contribution in [1.29, 1.82) is 0 Å². The van der Waals surface area contributed by atoms with Crippen molar-refractivity contribution in [3.05, 3.63) is 89.1 Å². The maximum Gasteiger partial charge on any atom is 0.309 e. The van der Waals surface area contributed by atoms with Gasteiger partial charge in [0.25, 0.3) is 0 Å². The van der Waals surface area contributed by atoms with E-state index in [1.165, 1.54) is 30.3 Å². The summed E-state index contributed by atoms with van der Waals surface area (Å²) in [4.78, 5) is 45.2. The van der Waals surface area contributed by atoms with Crippen LogP contribution in [0.5, 0.6) is 0 Å². The third kappa shape index (κ3) is 6.73. The van der Waals surface area contributed by atoms with Crippen molar-refractivity contribution >= 4 is 41.1 Å². The third-order valence-corrected chi connectivity index (χ3v) is 6.58. The lowest BCUT2D eigenvalue weighted by Gasteiger charge is -2.16. The highest BCUT2D eigenvalue weighted by Crippen LogP contribution is 2.30. The average Bonchev–Trinajstić information content (AvgIpc) is 3.66. The number of esters is 1. The first kappa shape index (κ1) is 27.5. The van der Waals surface area contributed by atoms with E-state index in [-0.39, 0.29) is 24.2 Å². The van der Waals surface area contributed by atoms with Crippen LogP contribution in [0.25, 0.3) is 23.0 Å². The van der Waals surface area contributed by atoms with Crippen molar-refractivity contribution in [3.8, 4) is 16.9 Å². The van der Waals surface area contributed by atoms with E-state index in [4.69, 9.17) is 16.3 Å². The van der Waals surface area contributed by atoms with E-state index in [1.807, 2.05) is 0 Å². The first-order chi connectivity index (χ1) is 19.9. The van der Waals surface area contributed by atoms with Gasteiger partial charge in [0, 0.05) is 22.2 Å². The number of tetrazole rings is 1. The molecule has 0 aliphatic carbocycles. The number of nitrogens with zero attached hydrogens (tertiary/aromatic N) is 5. The average molecular weight is 573 g/mol. The van der Waals surface area contributed by atoms with E-state index in [1.54, 1.807) is 54.7 Å². The zero-order valence-corrected chi connectivity index (χ0v) is 22.6. The zero-order chi connectivity index (χ0) is 28.8. The minimum atomic E-state index is -0.464. The van der Waals surface area contributed by atoms with E-state index in [9.17, 15) is 14.4 Å². The number of benzene rings is 2. The van der Waals surface area contributed by atoms with Gasteiger partial charge in [0.2, 0.25) is 11.8 Å². The predicted octanol–water partition coefficient (Wildman–Crippen LogP) is 3.58. The molecular weight excluding hydrogens is 548 g/mol. The van der Waals surface area contributed by atoms with Crippen LogP contribution in [0.4, 0.5) is 5.69 Å². The van der Waals surface area contributed by atoms with E-state index < -0.39 is 6.04 Å². The zero-order valence-electron chi connectivity index (χ0n) is 21.9. The highest BCUT2D eigenvalue weighted by Gasteiger charge is 2.20. The van der Waals surface area contributed by atoms with Crippen LogP contribution in [0.15, 0.2) is 67.2 Å². The van der Waals surface area contributed by atoms with E-state index in [0.717, 1.165) is 0 Å². The van der Waals surface area contributed by atoms with Gasteiger partial charge in [0.05, 0.1) is 42.8 Å². The van der Waals surface area contributed by atoms with Crippen molar-refractivity contribution in [3.63, 3.8) is 0 Å². The van der Waals surface area contributed by atoms with Crippen molar-refractivity contribution in [2.45, 2.75) is 25.3 Å². The molecule has 12 nitrogen and oxygen atoms in total. The number of carbonyl (C=O) groups is 3. The van der Waals surface area contributed by atoms with Gasteiger partial charge < -0.3 is 20.4 Å². The highest BCUT2D eigenvalue weighted by molar-refractivity contribution is 6.30. The number of rotatable bonds is 6. The molecule has 2 aromatic heterocycles. The molecule has 0 unspecified atom stereocenters. The van der Waals surface area contributed by atoms with Crippen LogP contribution in [-0.4, -0.2) is 55.1 Å². The van der Waals surface area contributed by atoms with E-state index in [0.29, 0.717) is 57.4 Å². The molecule has 2 amide bonds. The fourth-order valence-corrected chi connectivity index (χ4v) is 4.54. The molecule has 13 heteroatoms. The normalized spacial score (nSPS) is 15.0. The Kier molecular flexibility index (Phi) is 8.30. The summed E-state index contributed by atoms with van der Waals surface area (Å²) in [6.45, 7) is 0. The van der Waals surface area contributed by atoms with Crippen molar-refractivity contribution in [1.82, 2.24) is 35.5 Å². The van der Waals surface area contributed by atoms with Crippen LogP contribution in [-0.2, 0) is 25.5 Å². The maximum absolute atomic E-state index is 13.0. The van der Waals surface area contributed by atoms with Crippen LogP contribution in [0.2, 0.25) is 5.02 Å². The van der Waals surface area contributed by atoms with Gasteiger partial charge in [-0.25, -0.2) is 4.98 Å². The second kappa shape index (κ2) is 12.4. The summed E-state index contributed by atoms with van der Waals surface area (Å²) in [5.74, 6) is -0.492. The Bertz CT molecular complexity index is 1640. The van der Waals surface area contributed by atoms with Gasteiger partial charge >= 0.3 is 5.97 Å². The molecule has 3 N–H and O–H groups in total. The Morgan fingerprint density at radius 2 is 2.12 bits per heavy atom. The monoisotopic (exact) mass is 572 g/mol. The molecule has 1 aliphatic rings. The number of halogens is 1. The van der Waals surface area contributed by atoms with Gasteiger partial charge in [-0.1, -0.05) is 29.8 Å². The number of carbonyl (C=O) groups excluding carboxylic acids is 3. The molecule has 2 bridgehead atoms. The number of H-pyrrole nitrogens is 1. The first-order valence-corrected chi connectivity index (χ1v) is 13.0. The van der Waals surface area contributed by atoms with Crippen LogP contribution in [0, 0.1) is 0 Å². The summed E-state index contributed by atoms with van der Waals surface area (Å²) < 4.78 is 6.24. The number of anilines is 1. The first-order valence-electron chi connectivity index (χ1n) is 12.6. The van der Waals surface area contributed by atoms with Crippen LogP contribution < -0.4 is 10.6 Å². The fourth-order valence-electron chi connectivity index (χ4n) is 4.36. The summed E-state index contributed by atoms with van der Waals surface area (Å²) in [6.07, 6.45) is 10.4. The molecule has 41 heavy (non-hydrogen) atoms. The topological polar surface area (TPSA) is 157 Å². The van der Waals surface area contributed by atoms with Gasteiger partial charge in [0.15, 0.2) is 0 Å². The Morgan fingerprint density at radius 1 is 1.24 bits per heavy atom. The molecule has 208 valence electrons. The molecule has 0 fully saturated rings. The molecule has 3 heterocycles. The number of aromatic amines is 1. The quantitative estimate of drug-likeness (QED) is 0.234. The lowest BCUT2D eigenvalue weighted by Crippen LogP contribution is -2.27. The number of allylic oxidation sites excluding steroid dienone is 1. The molecule has 5 rings (SSSR count). The van der Waals surface area contributed by atoms with Gasteiger partial charge in [-0.3, -0.25) is 14.4 Å². The molecule has 0 saturated carbocycles. The molecule has 1 atom stereocenters. The molecule has 0 radical (unpaired) electrons. The second-order valence-electron chi connectivity index (χ2n) is 9.14. The highest BCUT2D eigenvalue weighted by atomic mass is 35.5. The van der Waals surface area contributed by atoms with Crippen LogP contribution >= 0.6 is 11.6 Å². The third-order valence-electron chi connectivity index (χ3n) is 6.34. The largest absolute Gasteiger partial charge is 0.469 e. The number of methoxy groups -OCH3 is 1. The van der Waals surface area contributed by atoms with Crippen molar-refractivity contribution in [2.24, 2.45) is 0 Å². The summed E-state index contributed by atoms with van der Waals surface area (Å²) in [5.41, 5.74) is 3.83. The molecule has 0 saturated heterocycles. The molecular formula is C28H25ClN8O4. The minimum Gasteiger partial charge on any atom is -0.469 e. The summed E-state index contributed by atoms with van der Waals surface area (Å²) in [5, 5.41) is 17.6. The SMILES string of the molecule is COC(=O)Cc1ccc2c(c1)NC(=O)C=CCC[C@H](NC(=O)/C=C/c1cc(Cl)ccc1-n1cnnn1)c1ncc-2[nH]1. The summed E-state index contributed by atoms with van der Waals surface area (Å²) >= 11 is 6.18. The fraction of sp³-hybridized carbons (Fsp3) is 0.179. The lowest BCUT2D eigenvalue weighted by atomic mass is 10.0. The van der Waals surface area contributed by atoms with Gasteiger partial charge in [-0.2, -0.15) is 4.68 Å². The number of amides is 2. The van der Waals surface area contributed by atoms with Crippen LogP contribution in [0.1, 0.15) is 35.8 Å². The van der Waals surface area contributed by atoms with Crippen molar-refractivity contribution in [2.75, 3.05) is 12.4 Å². The Morgan fingerprint density at radius 3 is 2.93 bits per heavy atom. The molecule has 2 aromatic carbocycles. The number of ether oxygens (including phenoxy) is 1. The number of hydrogen-bond donors (Lipinski definition) is 3. The Hall–Kier alpha value is -5.10. The van der Waals surface area contributed by atoms with Gasteiger partial charge in [-0.15, -0.1) is 5.10 Å². The predicted molar refractivity (Wildman–Crippen MR) is 151 cm³/mol. The smallest absolute Gasteiger partial charge is 0.309 e. The molecule has 4 aromatic rings. The van der Waals surface area contributed by atoms with E-state index >= 15 is 0 Å². The minimum absolute atomic E-state index is 0.0672. The number of fused-ring (bicyclic) bond motifs is 4. The standard InChI is InChI=1S/C28H25ClN8O4/c1-41-27(40)13-17-6-9-20-22(12-17)33-25(38)5-3-2-4-21(28-30-15-23(20)34-28)32-26(39)11-7-18-14-19(29)8-10-24(18)37-16-31-35-36-37/h3,5-12,14-16,21H,2,4,13H2,1H3,(H,30,34)(H,32,39)(H,33,38)/b5-3?,11-7+/t21-/m0/s1. The Balaban J connectivity index is 1.39. The lowest BCUT2D eigenvalue weighted by molar-refractivity contribution is -0.139. The number of imidazole rings is 1. The second-order valence-corrected chi connectivity index (χ2v) is 9.57. The molecule has 1 aliphatic heterocycles. The van der Waals surface area contributed by atoms with E-state index in [2.05, 4.69) is 36.1 Å². The number of nitrogens with one attached hydrogen (secondary N) is 3. The Labute approximate surface area is 239 Å². The number of hydrogen-bond acceptors (Lipinski definition) is 8. The maximum atomic E-state index is 13.0. The molecule has 0 spiro atoms. The van der Waals surface area contributed by atoms with Crippen LogP contribution in [0.3, 0.4) is 0 Å². The summed E-state index contributed by atoms with van der Waals surface area (Å²) in [7, 11) is 1.32. The van der Waals surface area contributed by atoms with Gasteiger partial charge in [-0.05, 0) is 65.2 Å². The van der Waals surface area contributed by atoms with Crippen molar-refractivity contribution < 1.29 is 19.1 Å². The van der Waals surface area contributed by atoms with Gasteiger partial charge in [0.1, 0.15) is 12.2 Å².